The summed E-state index contributed by atoms with van der Waals surface area (Å²) in [5.74, 6) is -0.275. The second-order valence-electron chi connectivity index (χ2n) is 6.09. The summed E-state index contributed by atoms with van der Waals surface area (Å²) in [7, 11) is 0. The highest BCUT2D eigenvalue weighted by Crippen LogP contribution is 2.32. The summed E-state index contributed by atoms with van der Waals surface area (Å²) in [4.78, 5) is 26.4. The van der Waals surface area contributed by atoms with E-state index in [4.69, 9.17) is 4.74 Å². The van der Waals surface area contributed by atoms with E-state index in [2.05, 4.69) is 10.6 Å². The van der Waals surface area contributed by atoms with Gasteiger partial charge >= 0.3 is 12.2 Å². The lowest BCUT2D eigenvalue weighted by molar-refractivity contribution is -0.137. The van der Waals surface area contributed by atoms with Gasteiger partial charge in [0.2, 0.25) is 0 Å². The molecule has 9 heteroatoms. The van der Waals surface area contributed by atoms with Gasteiger partial charge in [-0.2, -0.15) is 13.2 Å². The van der Waals surface area contributed by atoms with Crippen molar-refractivity contribution < 1.29 is 27.5 Å². The maximum absolute atomic E-state index is 12.9. The van der Waals surface area contributed by atoms with E-state index in [1.165, 1.54) is 12.1 Å². The number of nitrogens with zero attached hydrogens (tertiary/aromatic N) is 1. The normalized spacial score (nSPS) is 21.3. The number of nitrogens with one attached hydrogen (secondary N) is 2. The first-order valence-corrected chi connectivity index (χ1v) is 8.10. The quantitative estimate of drug-likeness (QED) is 0.840. The SMILES string of the molecule is CC1=C(C(=O)N2CCOCC2)C(c2ccc(C(F)(F)F)cc2)NC(=O)N1. The molecule has 0 spiro atoms. The fourth-order valence-electron chi connectivity index (χ4n) is 3.03. The van der Waals surface area contributed by atoms with Crippen molar-refractivity contribution in [2.24, 2.45) is 0 Å². The maximum Gasteiger partial charge on any atom is 0.416 e. The zero-order valence-corrected chi connectivity index (χ0v) is 14.0. The molecule has 3 amide bonds. The van der Waals surface area contributed by atoms with Crippen molar-refractivity contribution >= 4 is 11.9 Å². The zero-order chi connectivity index (χ0) is 18.9. The second kappa shape index (κ2) is 6.99. The Kier molecular flexibility index (Phi) is 4.90. The molecule has 0 aliphatic carbocycles. The van der Waals surface area contributed by atoms with Gasteiger partial charge in [-0.3, -0.25) is 4.79 Å². The van der Waals surface area contributed by atoms with Crippen molar-refractivity contribution in [1.82, 2.24) is 15.5 Å². The van der Waals surface area contributed by atoms with Crippen molar-refractivity contribution in [2.45, 2.75) is 19.1 Å². The molecule has 1 aromatic rings. The number of ether oxygens (including phenoxy) is 1. The molecule has 1 fully saturated rings. The van der Waals surface area contributed by atoms with Crippen molar-refractivity contribution in [1.29, 1.82) is 0 Å². The maximum atomic E-state index is 12.9. The van der Waals surface area contributed by atoms with Gasteiger partial charge in [-0.1, -0.05) is 12.1 Å². The Bertz CT molecular complexity index is 738. The Balaban J connectivity index is 1.93. The van der Waals surface area contributed by atoms with E-state index in [1.807, 2.05) is 0 Å². The molecule has 2 aliphatic rings. The van der Waals surface area contributed by atoms with Crippen LogP contribution in [0, 0.1) is 0 Å². The van der Waals surface area contributed by atoms with Crippen molar-refractivity contribution in [3.63, 3.8) is 0 Å². The van der Waals surface area contributed by atoms with Gasteiger partial charge in [-0.15, -0.1) is 0 Å². The molecule has 2 N–H and O–H groups in total. The highest BCUT2D eigenvalue weighted by molar-refractivity contribution is 5.98. The molecule has 1 atom stereocenters. The highest BCUT2D eigenvalue weighted by atomic mass is 19.4. The monoisotopic (exact) mass is 369 g/mol. The average molecular weight is 369 g/mol. The number of rotatable bonds is 2. The predicted molar refractivity (Wildman–Crippen MR) is 86.0 cm³/mol. The first-order chi connectivity index (χ1) is 12.3. The molecule has 140 valence electrons. The number of hydrogen-bond donors (Lipinski definition) is 2. The minimum atomic E-state index is -4.45. The summed E-state index contributed by atoms with van der Waals surface area (Å²) in [6.45, 7) is 3.28. The number of hydrogen-bond acceptors (Lipinski definition) is 3. The molecule has 1 aromatic carbocycles. The number of alkyl halides is 3. The first-order valence-electron chi connectivity index (χ1n) is 8.10. The molecule has 0 aromatic heterocycles. The molecule has 0 bridgehead atoms. The van der Waals surface area contributed by atoms with Gasteiger partial charge in [-0.05, 0) is 24.6 Å². The van der Waals surface area contributed by atoms with E-state index in [0.717, 1.165) is 12.1 Å². The van der Waals surface area contributed by atoms with Crippen LogP contribution in [0.3, 0.4) is 0 Å². The van der Waals surface area contributed by atoms with Crippen molar-refractivity contribution in [3.8, 4) is 0 Å². The van der Waals surface area contributed by atoms with Gasteiger partial charge in [0.05, 0.1) is 30.4 Å². The topological polar surface area (TPSA) is 70.7 Å². The molecule has 26 heavy (non-hydrogen) atoms. The minimum Gasteiger partial charge on any atom is -0.378 e. The molecule has 2 heterocycles. The summed E-state index contributed by atoms with van der Waals surface area (Å²) in [5.41, 5.74) is 0.313. The Morgan fingerprint density at radius 2 is 1.81 bits per heavy atom. The van der Waals surface area contributed by atoms with Crippen LogP contribution >= 0.6 is 0 Å². The van der Waals surface area contributed by atoms with Crippen LogP contribution in [-0.4, -0.2) is 43.1 Å². The van der Waals surface area contributed by atoms with Crippen LogP contribution in [0.25, 0.3) is 0 Å². The standard InChI is InChI=1S/C17H18F3N3O3/c1-10-13(15(24)23-6-8-26-9-7-23)14(22-16(25)21-10)11-2-4-12(5-3-11)17(18,19)20/h2-5,14H,6-9H2,1H3,(H2,21,22,25). The molecule has 0 saturated carbocycles. The molecule has 3 rings (SSSR count). The van der Waals surface area contributed by atoms with E-state index in [0.29, 0.717) is 43.1 Å². The summed E-state index contributed by atoms with van der Waals surface area (Å²) >= 11 is 0. The van der Waals surface area contributed by atoms with Gasteiger partial charge < -0.3 is 20.3 Å². The number of carbonyl (C=O) groups excluding carboxylic acids is 2. The minimum absolute atomic E-state index is 0.275. The summed E-state index contributed by atoms with van der Waals surface area (Å²) in [5, 5.41) is 5.18. The third-order valence-corrected chi connectivity index (χ3v) is 4.37. The Hall–Kier alpha value is -2.55. The van der Waals surface area contributed by atoms with Crippen LogP contribution < -0.4 is 10.6 Å². The number of morpholine rings is 1. The van der Waals surface area contributed by atoms with Crippen molar-refractivity contribution in [2.75, 3.05) is 26.3 Å². The molecule has 1 saturated heterocycles. The number of allylic oxidation sites excluding steroid dienone is 1. The zero-order valence-electron chi connectivity index (χ0n) is 14.0. The predicted octanol–water partition coefficient (Wildman–Crippen LogP) is 2.19. The number of urea groups is 1. The Morgan fingerprint density at radius 3 is 2.38 bits per heavy atom. The summed E-state index contributed by atoms with van der Waals surface area (Å²) in [6, 6.07) is 3.11. The van der Waals surface area contributed by atoms with Crippen LogP contribution in [0.4, 0.5) is 18.0 Å². The fraction of sp³-hybridized carbons (Fsp3) is 0.412. The van der Waals surface area contributed by atoms with Crippen LogP contribution in [-0.2, 0) is 15.7 Å². The van der Waals surface area contributed by atoms with Gasteiger partial charge in [0.1, 0.15) is 0 Å². The lowest BCUT2D eigenvalue weighted by Gasteiger charge is -2.34. The molecular formula is C17H18F3N3O3. The van der Waals surface area contributed by atoms with Crippen molar-refractivity contribution in [3.05, 3.63) is 46.7 Å². The molecular weight excluding hydrogens is 351 g/mol. The number of carbonyl (C=O) groups is 2. The highest BCUT2D eigenvalue weighted by Gasteiger charge is 2.35. The average Bonchev–Trinajstić information content (AvgIpc) is 2.61. The molecule has 0 radical (unpaired) electrons. The molecule has 2 aliphatic heterocycles. The van der Waals surface area contributed by atoms with E-state index in [-0.39, 0.29) is 5.91 Å². The van der Waals surface area contributed by atoms with Gasteiger partial charge in [0, 0.05) is 18.8 Å². The molecule has 6 nitrogen and oxygen atoms in total. The summed E-state index contributed by atoms with van der Waals surface area (Å²) < 4.78 is 43.6. The smallest absolute Gasteiger partial charge is 0.378 e. The largest absolute Gasteiger partial charge is 0.416 e. The molecule has 1 unspecified atom stereocenters. The first kappa shape index (κ1) is 18.2. The lowest BCUT2D eigenvalue weighted by Crippen LogP contribution is -2.49. The van der Waals surface area contributed by atoms with Crippen LogP contribution in [0.1, 0.15) is 24.1 Å². The van der Waals surface area contributed by atoms with E-state index >= 15 is 0 Å². The lowest BCUT2D eigenvalue weighted by atomic mass is 9.93. The fourth-order valence-corrected chi connectivity index (χ4v) is 3.03. The van der Waals surface area contributed by atoms with Gasteiger partial charge in [0.15, 0.2) is 0 Å². The van der Waals surface area contributed by atoms with Gasteiger partial charge in [0.25, 0.3) is 5.91 Å². The van der Waals surface area contributed by atoms with Crippen LogP contribution in [0.5, 0.6) is 0 Å². The second-order valence-corrected chi connectivity index (χ2v) is 6.09. The summed E-state index contributed by atoms with van der Waals surface area (Å²) in [6.07, 6.45) is -4.45. The van der Waals surface area contributed by atoms with E-state index < -0.39 is 23.8 Å². The van der Waals surface area contributed by atoms with Crippen LogP contribution in [0.2, 0.25) is 0 Å². The third-order valence-electron chi connectivity index (χ3n) is 4.37. The van der Waals surface area contributed by atoms with Gasteiger partial charge in [-0.25, -0.2) is 4.79 Å². The number of halogens is 3. The van der Waals surface area contributed by atoms with E-state index in [1.54, 1.807) is 11.8 Å². The number of amides is 3. The Morgan fingerprint density at radius 1 is 1.19 bits per heavy atom. The van der Waals surface area contributed by atoms with Crippen LogP contribution in [0.15, 0.2) is 35.5 Å². The Labute approximate surface area is 148 Å². The van der Waals surface area contributed by atoms with E-state index in [9.17, 15) is 22.8 Å². The number of benzene rings is 1. The third kappa shape index (κ3) is 3.67.